The molecule has 0 aliphatic carbocycles. The fourth-order valence-corrected chi connectivity index (χ4v) is 3.81. The summed E-state index contributed by atoms with van der Waals surface area (Å²) in [7, 11) is 0. The molecular weight excluding hydrogens is 410 g/mol. The number of pyridine rings is 1. The van der Waals surface area contributed by atoms with Crippen LogP contribution in [0.3, 0.4) is 0 Å². The minimum atomic E-state index is -0.124. The molecule has 33 heavy (non-hydrogen) atoms. The molecule has 0 bridgehead atoms. The minimum Gasteiger partial charge on any atom is -0.352 e. The van der Waals surface area contributed by atoms with E-state index in [9.17, 15) is 9.59 Å². The van der Waals surface area contributed by atoms with Gasteiger partial charge in [0, 0.05) is 35.3 Å². The van der Waals surface area contributed by atoms with Gasteiger partial charge in [-0.05, 0) is 36.6 Å². The van der Waals surface area contributed by atoms with Gasteiger partial charge in [0.15, 0.2) is 5.78 Å². The van der Waals surface area contributed by atoms with Gasteiger partial charge in [-0.25, -0.2) is 0 Å². The number of fused-ring (bicyclic) bond motifs is 1. The maximum Gasteiger partial charge on any atom is 0.251 e. The van der Waals surface area contributed by atoms with Gasteiger partial charge in [0.2, 0.25) is 0 Å². The average molecular weight is 438 g/mol. The van der Waals surface area contributed by atoms with Crippen LogP contribution in [0.5, 0.6) is 0 Å². The summed E-state index contributed by atoms with van der Waals surface area (Å²) in [5, 5.41) is 7.40. The van der Waals surface area contributed by atoms with Gasteiger partial charge in [-0.1, -0.05) is 72.8 Å². The minimum absolute atomic E-state index is 0.0543. The lowest BCUT2D eigenvalue weighted by Crippen LogP contribution is -2.38. The SMILES string of the molecule is O=C(CNC(CCNC(=O)c1ccc2cccnc2c1)Cc1ccccc1)c1ccccc1. The standard InChI is InChI=1S/C28H27N3O2/c32-27(23-10-5-2-6-11-23)20-31-25(18-21-8-3-1-4-9-21)15-17-30-28(33)24-14-13-22-12-7-16-29-26(22)19-24/h1-14,16,19,25,31H,15,17-18,20H2,(H,30,33). The van der Waals surface area contributed by atoms with Crippen LogP contribution in [0.15, 0.2) is 97.2 Å². The monoisotopic (exact) mass is 437 g/mol. The summed E-state index contributed by atoms with van der Waals surface area (Å²) in [6, 6.07) is 28.9. The van der Waals surface area contributed by atoms with Crippen molar-refractivity contribution in [2.75, 3.05) is 13.1 Å². The van der Waals surface area contributed by atoms with Crippen molar-refractivity contribution in [1.82, 2.24) is 15.6 Å². The van der Waals surface area contributed by atoms with E-state index < -0.39 is 0 Å². The third kappa shape index (κ3) is 6.34. The first kappa shape index (κ1) is 22.4. The Bertz CT molecular complexity index is 1210. The molecule has 0 fully saturated rings. The molecule has 4 aromatic rings. The van der Waals surface area contributed by atoms with Gasteiger partial charge in [0.05, 0.1) is 12.1 Å². The van der Waals surface area contributed by atoms with E-state index in [0.717, 1.165) is 17.3 Å². The molecule has 0 saturated heterocycles. The number of carbonyl (C=O) groups is 2. The molecule has 2 N–H and O–H groups in total. The van der Waals surface area contributed by atoms with Gasteiger partial charge in [-0.3, -0.25) is 14.6 Å². The van der Waals surface area contributed by atoms with Gasteiger partial charge in [0.1, 0.15) is 0 Å². The van der Waals surface area contributed by atoms with Crippen molar-refractivity contribution in [2.24, 2.45) is 0 Å². The molecule has 1 unspecified atom stereocenters. The second-order valence-electron chi connectivity index (χ2n) is 8.01. The Morgan fingerprint density at radius 2 is 1.58 bits per heavy atom. The first-order valence-corrected chi connectivity index (χ1v) is 11.2. The molecule has 1 aromatic heterocycles. The molecule has 166 valence electrons. The van der Waals surface area contributed by atoms with Crippen molar-refractivity contribution in [3.05, 3.63) is 114 Å². The molecule has 0 spiro atoms. The maximum atomic E-state index is 12.7. The number of carbonyl (C=O) groups excluding carboxylic acids is 2. The zero-order valence-electron chi connectivity index (χ0n) is 18.4. The van der Waals surface area contributed by atoms with E-state index in [1.807, 2.05) is 78.9 Å². The van der Waals surface area contributed by atoms with Crippen molar-refractivity contribution >= 4 is 22.6 Å². The van der Waals surface area contributed by atoms with Gasteiger partial charge in [0.25, 0.3) is 5.91 Å². The van der Waals surface area contributed by atoms with Gasteiger partial charge < -0.3 is 10.6 Å². The van der Waals surface area contributed by atoms with E-state index in [1.54, 1.807) is 6.20 Å². The third-order valence-electron chi connectivity index (χ3n) is 5.62. The number of rotatable bonds is 10. The van der Waals surface area contributed by atoms with Gasteiger partial charge >= 0.3 is 0 Å². The van der Waals surface area contributed by atoms with Crippen LogP contribution in [0.2, 0.25) is 0 Å². The molecule has 1 heterocycles. The molecule has 1 atom stereocenters. The van der Waals surface area contributed by atoms with Crippen molar-refractivity contribution in [1.29, 1.82) is 0 Å². The van der Waals surface area contributed by atoms with E-state index in [1.165, 1.54) is 5.56 Å². The van der Waals surface area contributed by atoms with Crippen LogP contribution < -0.4 is 10.6 Å². The Kier molecular flexibility index (Phi) is 7.56. The molecule has 5 heteroatoms. The fourth-order valence-electron chi connectivity index (χ4n) is 3.81. The maximum absolute atomic E-state index is 12.7. The van der Waals surface area contributed by atoms with E-state index in [2.05, 4.69) is 27.8 Å². The second-order valence-corrected chi connectivity index (χ2v) is 8.01. The summed E-state index contributed by atoms with van der Waals surface area (Å²) in [4.78, 5) is 29.5. The lowest BCUT2D eigenvalue weighted by Gasteiger charge is -2.19. The van der Waals surface area contributed by atoms with Crippen molar-refractivity contribution in [3.63, 3.8) is 0 Å². The van der Waals surface area contributed by atoms with Crippen LogP contribution in [0.25, 0.3) is 10.9 Å². The highest BCUT2D eigenvalue weighted by Crippen LogP contribution is 2.13. The van der Waals surface area contributed by atoms with Crippen LogP contribution in [-0.4, -0.2) is 35.8 Å². The number of Topliss-reactive ketones (excluding diaryl/α,β-unsaturated/α-hetero) is 1. The number of hydrogen-bond acceptors (Lipinski definition) is 4. The highest BCUT2D eigenvalue weighted by molar-refractivity contribution is 5.98. The molecule has 0 radical (unpaired) electrons. The van der Waals surface area contributed by atoms with Crippen LogP contribution in [-0.2, 0) is 6.42 Å². The molecule has 0 saturated carbocycles. The molecule has 4 rings (SSSR count). The Morgan fingerprint density at radius 3 is 2.36 bits per heavy atom. The topological polar surface area (TPSA) is 71.1 Å². The quantitative estimate of drug-likeness (QED) is 0.360. The normalized spacial score (nSPS) is 11.8. The van der Waals surface area contributed by atoms with E-state index in [0.29, 0.717) is 24.1 Å². The molecule has 5 nitrogen and oxygen atoms in total. The van der Waals surface area contributed by atoms with Crippen molar-refractivity contribution in [3.8, 4) is 0 Å². The van der Waals surface area contributed by atoms with Crippen LogP contribution in [0.1, 0.15) is 32.7 Å². The van der Waals surface area contributed by atoms with Gasteiger partial charge in [-0.15, -0.1) is 0 Å². The Balaban J connectivity index is 1.35. The number of benzene rings is 3. The third-order valence-corrected chi connectivity index (χ3v) is 5.62. The highest BCUT2D eigenvalue weighted by atomic mass is 16.1. The summed E-state index contributed by atoms with van der Waals surface area (Å²) >= 11 is 0. The molecular formula is C28H27N3O2. The van der Waals surface area contributed by atoms with Crippen LogP contribution in [0.4, 0.5) is 0 Å². The summed E-state index contributed by atoms with van der Waals surface area (Å²) in [6.07, 6.45) is 3.20. The predicted molar refractivity (Wildman–Crippen MR) is 131 cm³/mol. The van der Waals surface area contributed by atoms with Gasteiger partial charge in [-0.2, -0.15) is 0 Å². The van der Waals surface area contributed by atoms with E-state index in [4.69, 9.17) is 0 Å². The smallest absolute Gasteiger partial charge is 0.251 e. The summed E-state index contributed by atoms with van der Waals surface area (Å²) < 4.78 is 0. The lowest BCUT2D eigenvalue weighted by atomic mass is 10.0. The average Bonchev–Trinajstić information content (AvgIpc) is 2.87. The molecule has 0 aliphatic rings. The molecule has 1 amide bonds. The number of hydrogen-bond donors (Lipinski definition) is 2. The lowest BCUT2D eigenvalue weighted by molar-refractivity contribution is 0.0946. The Labute approximate surface area is 193 Å². The highest BCUT2D eigenvalue weighted by Gasteiger charge is 2.14. The summed E-state index contributed by atoms with van der Waals surface area (Å²) in [5.41, 5.74) is 3.27. The van der Waals surface area contributed by atoms with E-state index in [-0.39, 0.29) is 24.3 Å². The van der Waals surface area contributed by atoms with Crippen LogP contribution in [0, 0.1) is 0 Å². The Hall–Kier alpha value is -3.83. The first-order valence-electron chi connectivity index (χ1n) is 11.2. The zero-order valence-corrected chi connectivity index (χ0v) is 18.4. The summed E-state index contributed by atoms with van der Waals surface area (Å²) in [6.45, 7) is 0.759. The molecule has 0 aliphatic heterocycles. The van der Waals surface area contributed by atoms with E-state index >= 15 is 0 Å². The number of nitrogens with one attached hydrogen (secondary N) is 2. The zero-order chi connectivity index (χ0) is 22.9. The summed E-state index contributed by atoms with van der Waals surface area (Å²) in [5.74, 6) is -0.0669. The van der Waals surface area contributed by atoms with Crippen molar-refractivity contribution in [2.45, 2.75) is 18.9 Å². The number of ketones is 1. The second kappa shape index (κ2) is 11.2. The van der Waals surface area contributed by atoms with Crippen molar-refractivity contribution < 1.29 is 9.59 Å². The number of nitrogens with zero attached hydrogens (tertiary/aromatic N) is 1. The predicted octanol–water partition coefficient (Wildman–Crippen LogP) is 4.44. The number of aromatic nitrogens is 1. The fraction of sp³-hybridized carbons (Fsp3) is 0.179. The Morgan fingerprint density at radius 1 is 0.818 bits per heavy atom. The van der Waals surface area contributed by atoms with Crippen LogP contribution >= 0.6 is 0 Å². The molecule has 3 aromatic carbocycles. The largest absolute Gasteiger partial charge is 0.352 e. The number of amides is 1. The first-order chi connectivity index (χ1) is 16.2.